The van der Waals surface area contributed by atoms with Gasteiger partial charge in [0.05, 0.1) is 19.6 Å². The van der Waals surface area contributed by atoms with Crippen molar-refractivity contribution in [1.29, 1.82) is 0 Å². The van der Waals surface area contributed by atoms with E-state index in [0.29, 0.717) is 12.8 Å². The minimum absolute atomic E-state index is 0.0736. The highest BCUT2D eigenvalue weighted by Gasteiger charge is 2.32. The Kier molecular flexibility index (Phi) is 12.6. The number of fused-ring (bicyclic) bond motifs is 1. The summed E-state index contributed by atoms with van der Waals surface area (Å²) in [5.41, 5.74) is 3.59. The molecule has 0 bridgehead atoms. The van der Waals surface area contributed by atoms with Gasteiger partial charge in [0.25, 0.3) is 0 Å². The van der Waals surface area contributed by atoms with Crippen molar-refractivity contribution < 1.29 is 23.9 Å². The molecule has 0 spiro atoms. The first kappa shape index (κ1) is 35.3. The number of ether oxygens (including phenoxy) is 2. The van der Waals surface area contributed by atoms with E-state index in [4.69, 9.17) is 9.47 Å². The summed E-state index contributed by atoms with van der Waals surface area (Å²) >= 11 is 0. The van der Waals surface area contributed by atoms with Gasteiger partial charge >= 0.3 is 12.0 Å². The van der Waals surface area contributed by atoms with E-state index in [0.717, 1.165) is 53.5 Å². The Hall–Kier alpha value is -4.59. The maximum Gasteiger partial charge on any atom is 0.324 e. The summed E-state index contributed by atoms with van der Waals surface area (Å²) in [6, 6.07) is 25.0. The van der Waals surface area contributed by atoms with Crippen LogP contribution in [0.4, 0.5) is 4.79 Å². The van der Waals surface area contributed by atoms with E-state index in [1.54, 1.807) is 14.0 Å². The van der Waals surface area contributed by atoms with Gasteiger partial charge in [-0.3, -0.25) is 14.5 Å². The van der Waals surface area contributed by atoms with Crippen LogP contribution < -0.4 is 10.1 Å². The number of imide groups is 1. The van der Waals surface area contributed by atoms with Gasteiger partial charge in [0, 0.05) is 29.6 Å². The first-order valence-electron chi connectivity index (χ1n) is 16.6. The number of aryl methyl sites for hydroxylation is 1. The zero-order valence-electron chi connectivity index (χ0n) is 28.4. The number of methoxy groups -OCH3 is 1. The lowest BCUT2D eigenvalue weighted by molar-refractivity contribution is -0.158. The molecule has 0 saturated heterocycles. The fourth-order valence-corrected chi connectivity index (χ4v) is 5.89. The number of nitrogens with zero attached hydrogens (tertiary/aromatic N) is 1. The summed E-state index contributed by atoms with van der Waals surface area (Å²) in [6.45, 7) is 7.40. The Morgan fingerprint density at radius 1 is 0.894 bits per heavy atom. The molecule has 0 saturated carbocycles. The van der Waals surface area contributed by atoms with Gasteiger partial charge in [0.2, 0.25) is 5.91 Å². The Balaban J connectivity index is 1.45. The highest BCUT2D eigenvalue weighted by atomic mass is 16.6. The molecule has 0 aliphatic carbocycles. The van der Waals surface area contributed by atoms with Crippen LogP contribution in [0.15, 0.2) is 85.1 Å². The molecule has 1 aromatic heterocycles. The van der Waals surface area contributed by atoms with Crippen LogP contribution in [0.25, 0.3) is 10.9 Å². The lowest BCUT2D eigenvalue weighted by Gasteiger charge is -2.28. The van der Waals surface area contributed by atoms with Crippen LogP contribution in [-0.2, 0) is 27.2 Å². The SMILES string of the molecule is CCN(C(=O)NC(Cc1c[nH]c2ccccc12)c1ccccc1)C(=O)C(CCCCCc1ccc(OC)cc1)CC(=O)OC(C)(C)C. The molecule has 3 aromatic carbocycles. The van der Waals surface area contributed by atoms with Crippen LogP contribution in [0.5, 0.6) is 5.75 Å². The third-order valence-electron chi connectivity index (χ3n) is 8.29. The molecule has 47 heavy (non-hydrogen) atoms. The second kappa shape index (κ2) is 16.8. The van der Waals surface area contributed by atoms with Gasteiger partial charge in [0.1, 0.15) is 11.4 Å². The summed E-state index contributed by atoms with van der Waals surface area (Å²) < 4.78 is 10.8. The van der Waals surface area contributed by atoms with Crippen molar-refractivity contribution in [1.82, 2.24) is 15.2 Å². The summed E-state index contributed by atoms with van der Waals surface area (Å²) in [6.07, 6.45) is 6.43. The summed E-state index contributed by atoms with van der Waals surface area (Å²) in [5, 5.41) is 4.24. The number of carbonyl (C=O) groups excluding carboxylic acids is 3. The van der Waals surface area contributed by atoms with Crippen LogP contribution in [0.3, 0.4) is 0 Å². The fraction of sp³-hybridized carbons (Fsp3) is 0.410. The van der Waals surface area contributed by atoms with Crippen molar-refractivity contribution >= 4 is 28.8 Å². The average Bonchev–Trinajstić information content (AvgIpc) is 3.46. The lowest BCUT2D eigenvalue weighted by Crippen LogP contribution is -2.48. The summed E-state index contributed by atoms with van der Waals surface area (Å²) in [5.74, 6) is -0.632. The number of esters is 1. The number of urea groups is 1. The van der Waals surface area contributed by atoms with Gasteiger partial charge in [-0.05, 0) is 88.3 Å². The van der Waals surface area contributed by atoms with Crippen molar-refractivity contribution in [2.75, 3.05) is 13.7 Å². The van der Waals surface area contributed by atoms with Crippen molar-refractivity contribution in [3.63, 3.8) is 0 Å². The second-order valence-electron chi connectivity index (χ2n) is 13.0. The van der Waals surface area contributed by atoms with Crippen molar-refractivity contribution in [3.05, 3.63) is 102 Å². The molecule has 2 atom stereocenters. The van der Waals surface area contributed by atoms with Crippen LogP contribution >= 0.6 is 0 Å². The maximum atomic E-state index is 14.0. The molecule has 0 fully saturated rings. The van der Waals surface area contributed by atoms with E-state index in [2.05, 4.69) is 28.5 Å². The molecule has 2 N–H and O–H groups in total. The third-order valence-corrected chi connectivity index (χ3v) is 8.29. The Labute approximate surface area is 278 Å². The Morgan fingerprint density at radius 3 is 2.28 bits per heavy atom. The maximum absolute atomic E-state index is 14.0. The number of unbranched alkanes of at least 4 members (excludes halogenated alkanes) is 2. The topological polar surface area (TPSA) is 101 Å². The lowest BCUT2D eigenvalue weighted by atomic mass is 9.95. The minimum atomic E-state index is -0.670. The zero-order chi connectivity index (χ0) is 33.8. The number of carbonyl (C=O) groups is 3. The summed E-state index contributed by atoms with van der Waals surface area (Å²) in [7, 11) is 1.65. The second-order valence-corrected chi connectivity index (χ2v) is 13.0. The molecule has 0 radical (unpaired) electrons. The van der Waals surface area contributed by atoms with Gasteiger partial charge in [0.15, 0.2) is 0 Å². The van der Waals surface area contributed by atoms with E-state index >= 15 is 0 Å². The van der Waals surface area contributed by atoms with Crippen molar-refractivity contribution in [3.8, 4) is 5.75 Å². The zero-order valence-corrected chi connectivity index (χ0v) is 28.4. The molecule has 8 heteroatoms. The van der Waals surface area contributed by atoms with Gasteiger partial charge in [-0.15, -0.1) is 0 Å². The van der Waals surface area contributed by atoms with E-state index < -0.39 is 23.5 Å². The van der Waals surface area contributed by atoms with E-state index in [-0.39, 0.29) is 24.9 Å². The van der Waals surface area contributed by atoms with Crippen LogP contribution in [0.1, 0.15) is 82.5 Å². The van der Waals surface area contributed by atoms with E-state index in [9.17, 15) is 14.4 Å². The Morgan fingerprint density at radius 2 is 1.60 bits per heavy atom. The molecule has 4 aromatic rings. The molecule has 4 rings (SSSR count). The minimum Gasteiger partial charge on any atom is -0.497 e. The fourth-order valence-electron chi connectivity index (χ4n) is 5.89. The van der Waals surface area contributed by atoms with Crippen LogP contribution in [-0.4, -0.2) is 47.0 Å². The molecule has 0 aliphatic heterocycles. The normalized spacial score (nSPS) is 12.7. The Bertz CT molecular complexity index is 1590. The van der Waals surface area contributed by atoms with Gasteiger partial charge in [-0.1, -0.05) is 73.5 Å². The molecule has 1 heterocycles. The summed E-state index contributed by atoms with van der Waals surface area (Å²) in [4.78, 5) is 45.3. The first-order valence-corrected chi connectivity index (χ1v) is 16.6. The number of nitrogens with one attached hydrogen (secondary N) is 2. The number of aromatic amines is 1. The van der Waals surface area contributed by atoms with Crippen molar-refractivity contribution in [2.24, 2.45) is 5.92 Å². The predicted molar refractivity (Wildman–Crippen MR) is 186 cm³/mol. The van der Waals surface area contributed by atoms with Gasteiger partial charge in [-0.2, -0.15) is 0 Å². The largest absolute Gasteiger partial charge is 0.497 e. The van der Waals surface area contributed by atoms with E-state index in [1.165, 1.54) is 10.5 Å². The van der Waals surface area contributed by atoms with Gasteiger partial charge in [-0.25, -0.2) is 4.79 Å². The predicted octanol–water partition coefficient (Wildman–Crippen LogP) is 8.17. The van der Waals surface area contributed by atoms with Gasteiger partial charge < -0.3 is 19.8 Å². The average molecular weight is 640 g/mol. The molecule has 3 amide bonds. The number of hydrogen-bond donors (Lipinski definition) is 2. The molecule has 250 valence electrons. The third kappa shape index (κ3) is 10.5. The molecular weight excluding hydrogens is 590 g/mol. The number of rotatable bonds is 15. The van der Waals surface area contributed by atoms with Crippen molar-refractivity contribution in [2.45, 2.75) is 84.3 Å². The van der Waals surface area contributed by atoms with Crippen LogP contribution in [0, 0.1) is 5.92 Å². The van der Waals surface area contributed by atoms with E-state index in [1.807, 2.05) is 87.6 Å². The highest BCUT2D eigenvalue weighted by Crippen LogP contribution is 2.26. The molecular formula is C39H49N3O5. The number of benzene rings is 3. The molecule has 8 nitrogen and oxygen atoms in total. The molecule has 2 unspecified atom stereocenters. The number of H-pyrrole nitrogens is 1. The number of amides is 3. The number of aromatic nitrogens is 1. The molecule has 0 aliphatic rings. The quantitative estimate of drug-likeness (QED) is 0.101. The smallest absolute Gasteiger partial charge is 0.324 e. The number of para-hydroxylation sites is 1. The monoisotopic (exact) mass is 639 g/mol. The standard InChI is InChI=1S/C39H49N3O5/c1-6-42(38(45)41-35(29-16-10-8-11-17-29)25-31-27-40-34-20-14-13-19-33(31)34)37(44)30(26-36(43)47-39(2,3)4)18-12-7-9-15-28-21-23-32(46-5)24-22-28/h8,10-11,13-14,16-17,19-24,27,30,35,40H,6-7,9,12,15,18,25-26H2,1-5H3,(H,41,45). The van der Waals surface area contributed by atoms with Crippen LogP contribution in [0.2, 0.25) is 0 Å². The first-order chi connectivity index (χ1) is 22.6. The highest BCUT2D eigenvalue weighted by molar-refractivity contribution is 5.97. The number of hydrogen-bond acceptors (Lipinski definition) is 5.